The minimum absolute atomic E-state index is 0.163. The smallest absolute Gasteiger partial charge is 0.250 e. The van der Waals surface area contributed by atoms with Crippen molar-refractivity contribution in [1.82, 2.24) is 14.2 Å². The molecule has 0 atom stereocenters. The Morgan fingerprint density at radius 3 is 2.51 bits per heavy atom. The number of amides is 1. The Morgan fingerprint density at radius 2 is 1.86 bits per heavy atom. The summed E-state index contributed by atoms with van der Waals surface area (Å²) in [6.07, 6.45) is 4.05. The number of ether oxygens (including phenoxy) is 1. The lowest BCUT2D eigenvalue weighted by molar-refractivity contribution is 0.100. The average molecular weight is 527 g/mol. The maximum atomic E-state index is 13.0. The molecule has 1 fully saturated rings. The molecule has 3 aromatic rings. The van der Waals surface area contributed by atoms with Crippen molar-refractivity contribution >= 4 is 26.8 Å². The van der Waals surface area contributed by atoms with Crippen LogP contribution in [-0.2, 0) is 14.8 Å². The molecule has 3 N–H and O–H groups in total. The molecule has 0 radical (unpaired) electrons. The summed E-state index contributed by atoms with van der Waals surface area (Å²) in [6.45, 7) is 6.17. The number of piperidine rings is 1. The number of nitrogens with one attached hydrogen (secondary N) is 1. The summed E-state index contributed by atoms with van der Waals surface area (Å²) < 4.78 is 32.8. The summed E-state index contributed by atoms with van der Waals surface area (Å²) in [5.74, 6) is -0.103. The molecule has 1 aliphatic heterocycles. The van der Waals surface area contributed by atoms with Crippen molar-refractivity contribution in [1.29, 1.82) is 0 Å². The Morgan fingerprint density at radius 1 is 1.14 bits per heavy atom. The maximum absolute atomic E-state index is 13.0. The van der Waals surface area contributed by atoms with Gasteiger partial charge in [0, 0.05) is 38.3 Å². The SMILES string of the molecule is CCN(CCCS(=O)(=O)N1CCC(c2c[nH]c3c(C(N)=O)cc(-c4ccccc4)cc23)CC1)CCOC. The Labute approximate surface area is 219 Å². The van der Waals surface area contributed by atoms with Gasteiger partial charge in [0.1, 0.15) is 0 Å². The molecular weight excluding hydrogens is 488 g/mol. The zero-order valence-corrected chi connectivity index (χ0v) is 22.6. The number of hydrogen-bond acceptors (Lipinski definition) is 5. The molecule has 4 rings (SSSR count). The van der Waals surface area contributed by atoms with E-state index in [0.717, 1.165) is 60.1 Å². The molecule has 0 bridgehead atoms. The van der Waals surface area contributed by atoms with E-state index in [0.29, 0.717) is 31.7 Å². The lowest BCUT2D eigenvalue weighted by Crippen LogP contribution is -2.40. The molecule has 0 unspecified atom stereocenters. The monoisotopic (exact) mass is 526 g/mol. The van der Waals surface area contributed by atoms with E-state index in [1.54, 1.807) is 11.4 Å². The van der Waals surface area contributed by atoms with Crippen molar-refractivity contribution in [3.05, 3.63) is 59.8 Å². The highest BCUT2D eigenvalue weighted by Crippen LogP contribution is 2.37. The third-order valence-corrected chi connectivity index (χ3v) is 9.37. The van der Waals surface area contributed by atoms with E-state index in [-0.39, 0.29) is 11.7 Å². The van der Waals surface area contributed by atoms with E-state index in [2.05, 4.69) is 22.9 Å². The van der Waals surface area contributed by atoms with Gasteiger partial charge in [0.15, 0.2) is 0 Å². The van der Waals surface area contributed by atoms with Crippen LogP contribution < -0.4 is 5.73 Å². The molecule has 1 aliphatic rings. The molecule has 1 aromatic heterocycles. The minimum atomic E-state index is -3.30. The molecule has 1 saturated heterocycles. The predicted octanol–water partition coefficient (Wildman–Crippen LogP) is 3.80. The number of fused-ring (bicyclic) bond motifs is 1. The van der Waals surface area contributed by atoms with Crippen molar-refractivity contribution in [3.8, 4) is 11.1 Å². The summed E-state index contributed by atoms with van der Waals surface area (Å²) in [5, 5.41) is 0.979. The Bertz CT molecular complexity index is 1300. The first-order valence-corrected chi connectivity index (χ1v) is 14.6. The van der Waals surface area contributed by atoms with Crippen molar-refractivity contribution in [2.24, 2.45) is 5.73 Å². The normalized spacial score (nSPS) is 15.5. The number of nitrogens with two attached hydrogens (primary N) is 1. The number of carbonyl (C=O) groups excluding carboxylic acids is 1. The highest BCUT2D eigenvalue weighted by Gasteiger charge is 2.30. The van der Waals surface area contributed by atoms with Crippen LogP contribution in [0.15, 0.2) is 48.7 Å². The van der Waals surface area contributed by atoms with E-state index < -0.39 is 15.9 Å². The molecule has 2 aromatic carbocycles. The molecule has 0 aliphatic carbocycles. The van der Waals surface area contributed by atoms with Gasteiger partial charge in [-0.15, -0.1) is 0 Å². The lowest BCUT2D eigenvalue weighted by Gasteiger charge is -2.31. The maximum Gasteiger partial charge on any atom is 0.250 e. The molecule has 1 amide bonds. The Balaban J connectivity index is 1.46. The van der Waals surface area contributed by atoms with Crippen LogP contribution in [-0.4, -0.2) is 80.7 Å². The molecule has 8 nitrogen and oxygen atoms in total. The number of sulfonamides is 1. The molecule has 37 heavy (non-hydrogen) atoms. The largest absolute Gasteiger partial charge is 0.383 e. The van der Waals surface area contributed by atoms with Crippen LogP contribution in [0, 0.1) is 0 Å². The molecule has 200 valence electrons. The molecule has 0 saturated carbocycles. The Hall–Kier alpha value is -2.72. The highest BCUT2D eigenvalue weighted by atomic mass is 32.2. The molecular formula is C28H38N4O4S. The fraction of sp³-hybridized carbons (Fsp3) is 0.464. The van der Waals surface area contributed by atoms with Gasteiger partial charge in [-0.25, -0.2) is 12.7 Å². The zero-order valence-electron chi connectivity index (χ0n) is 21.8. The number of methoxy groups -OCH3 is 1. The van der Waals surface area contributed by atoms with E-state index in [4.69, 9.17) is 10.5 Å². The first-order valence-electron chi connectivity index (χ1n) is 13.0. The zero-order chi connectivity index (χ0) is 26.4. The van der Waals surface area contributed by atoms with Gasteiger partial charge in [-0.3, -0.25) is 4.79 Å². The van der Waals surface area contributed by atoms with Gasteiger partial charge < -0.3 is 20.4 Å². The van der Waals surface area contributed by atoms with Crippen LogP contribution in [0.2, 0.25) is 0 Å². The van der Waals surface area contributed by atoms with Crippen LogP contribution >= 0.6 is 0 Å². The van der Waals surface area contributed by atoms with Crippen molar-refractivity contribution in [2.45, 2.75) is 32.1 Å². The Kier molecular flexibility index (Phi) is 9.02. The van der Waals surface area contributed by atoms with Crippen molar-refractivity contribution in [3.63, 3.8) is 0 Å². The van der Waals surface area contributed by atoms with E-state index in [1.165, 1.54) is 0 Å². The van der Waals surface area contributed by atoms with E-state index >= 15 is 0 Å². The summed E-state index contributed by atoms with van der Waals surface area (Å²) >= 11 is 0. The fourth-order valence-electron chi connectivity index (χ4n) is 5.28. The number of aromatic amines is 1. The van der Waals surface area contributed by atoms with E-state index in [9.17, 15) is 13.2 Å². The number of nitrogens with zero attached hydrogens (tertiary/aromatic N) is 2. The summed E-state index contributed by atoms with van der Waals surface area (Å²) in [6, 6.07) is 13.9. The summed E-state index contributed by atoms with van der Waals surface area (Å²) in [5.41, 5.74) is 10.0. The van der Waals surface area contributed by atoms with Gasteiger partial charge in [0.05, 0.1) is 23.4 Å². The van der Waals surface area contributed by atoms with Gasteiger partial charge >= 0.3 is 0 Å². The quantitative estimate of drug-likeness (QED) is 0.373. The van der Waals surface area contributed by atoms with Gasteiger partial charge in [0.25, 0.3) is 5.91 Å². The predicted molar refractivity (Wildman–Crippen MR) is 148 cm³/mol. The highest BCUT2D eigenvalue weighted by molar-refractivity contribution is 7.89. The van der Waals surface area contributed by atoms with Gasteiger partial charge in [-0.05, 0) is 67.1 Å². The molecule has 9 heteroatoms. The third-order valence-electron chi connectivity index (χ3n) is 7.42. The summed E-state index contributed by atoms with van der Waals surface area (Å²) in [4.78, 5) is 17.7. The minimum Gasteiger partial charge on any atom is -0.383 e. The second-order valence-electron chi connectivity index (χ2n) is 9.69. The van der Waals surface area contributed by atoms with Crippen LogP contribution in [0.4, 0.5) is 0 Å². The van der Waals surface area contributed by atoms with Crippen LogP contribution in [0.3, 0.4) is 0 Å². The summed E-state index contributed by atoms with van der Waals surface area (Å²) in [7, 11) is -1.62. The van der Waals surface area contributed by atoms with Gasteiger partial charge in [-0.1, -0.05) is 37.3 Å². The van der Waals surface area contributed by atoms with Crippen molar-refractivity contribution < 1.29 is 17.9 Å². The van der Waals surface area contributed by atoms with Crippen LogP contribution in [0.5, 0.6) is 0 Å². The number of hydrogen-bond donors (Lipinski definition) is 2. The number of carbonyl (C=O) groups is 1. The average Bonchev–Trinajstić information content (AvgIpc) is 3.34. The number of H-pyrrole nitrogens is 1. The number of primary amides is 1. The van der Waals surface area contributed by atoms with Crippen LogP contribution in [0.25, 0.3) is 22.0 Å². The lowest BCUT2D eigenvalue weighted by atomic mass is 9.88. The number of likely N-dealkylation sites (N-methyl/N-ethyl adjacent to an activating group) is 1. The van der Waals surface area contributed by atoms with Gasteiger partial charge in [0.2, 0.25) is 10.0 Å². The standard InChI is InChI=1S/C28H38N4O4S/c1-3-31(15-16-36-2)12-7-17-37(34,35)32-13-10-22(11-14-32)26-20-30-27-24(26)18-23(19-25(27)28(29)33)21-8-5-4-6-9-21/h4-6,8-9,18-20,22,30H,3,7,10-17H2,1-2H3,(H2,29,33). The number of rotatable bonds is 12. The van der Waals surface area contributed by atoms with Gasteiger partial charge in [-0.2, -0.15) is 0 Å². The second-order valence-corrected chi connectivity index (χ2v) is 11.8. The second kappa shape index (κ2) is 12.2. The van der Waals surface area contributed by atoms with Crippen molar-refractivity contribution in [2.75, 3.05) is 52.2 Å². The van der Waals surface area contributed by atoms with E-state index in [1.807, 2.05) is 42.6 Å². The molecule has 2 heterocycles. The third kappa shape index (κ3) is 6.41. The topological polar surface area (TPSA) is 109 Å². The van der Waals surface area contributed by atoms with Crippen LogP contribution in [0.1, 0.15) is 48.0 Å². The fourth-order valence-corrected chi connectivity index (χ4v) is 6.79. The first kappa shape index (κ1) is 27.3. The first-order chi connectivity index (χ1) is 17.8. The molecule has 0 spiro atoms. The number of benzene rings is 2. The number of aromatic nitrogens is 1.